The van der Waals surface area contributed by atoms with E-state index in [9.17, 15) is 4.79 Å². The van der Waals surface area contributed by atoms with Gasteiger partial charge in [-0.1, -0.05) is 18.5 Å². The number of nitrogens with two attached hydrogens (primary N) is 1. The Morgan fingerprint density at radius 1 is 1.57 bits per heavy atom. The number of nitrogens with one attached hydrogen (secondary N) is 1. The highest BCUT2D eigenvalue weighted by Gasteiger charge is 2.40. The van der Waals surface area contributed by atoms with Crippen molar-refractivity contribution in [2.24, 2.45) is 16.8 Å². The summed E-state index contributed by atoms with van der Waals surface area (Å²) in [5.41, 5.74) is 5.01. The quantitative estimate of drug-likeness (QED) is 0.344. The van der Waals surface area contributed by atoms with Gasteiger partial charge in [0.15, 0.2) is 16.8 Å². The molecule has 1 aromatic rings. The smallest absolute Gasteiger partial charge is 0.287 e. The lowest BCUT2D eigenvalue weighted by Gasteiger charge is -2.39. The van der Waals surface area contributed by atoms with Crippen molar-refractivity contribution in [2.75, 3.05) is 0 Å². The molecule has 1 fully saturated rings. The van der Waals surface area contributed by atoms with Gasteiger partial charge >= 0.3 is 0 Å². The van der Waals surface area contributed by atoms with Gasteiger partial charge < -0.3 is 20.7 Å². The van der Waals surface area contributed by atoms with Crippen molar-refractivity contribution < 1.29 is 14.4 Å². The van der Waals surface area contributed by atoms with E-state index in [4.69, 9.17) is 27.0 Å². The first-order chi connectivity index (χ1) is 10.0. The first kappa shape index (κ1) is 15.7. The fourth-order valence-corrected chi connectivity index (χ4v) is 2.98. The second kappa shape index (κ2) is 6.39. The molecule has 0 unspecified atom stereocenters. The third kappa shape index (κ3) is 3.32. The van der Waals surface area contributed by atoms with Crippen molar-refractivity contribution >= 4 is 23.3 Å². The molecule has 1 aromatic heterocycles. The number of oxime groups is 1. The lowest BCUT2D eigenvalue weighted by Crippen LogP contribution is -2.59. The first-order valence-electron chi connectivity index (χ1n) is 7.06. The maximum atomic E-state index is 12.2. The molecular formula is C14H20ClN3O3. The highest BCUT2D eigenvalue weighted by molar-refractivity contribution is 6.29. The van der Waals surface area contributed by atoms with Crippen LogP contribution in [0.5, 0.6) is 0 Å². The number of carbonyl (C=O) groups excluding carboxylic acids is 1. The summed E-state index contributed by atoms with van der Waals surface area (Å²) in [6.45, 7) is 2.14. The molecule has 0 bridgehead atoms. The van der Waals surface area contributed by atoms with Gasteiger partial charge in [-0.3, -0.25) is 4.79 Å². The van der Waals surface area contributed by atoms with E-state index in [1.807, 2.05) is 0 Å². The summed E-state index contributed by atoms with van der Waals surface area (Å²) < 4.78 is 5.10. The fourth-order valence-electron chi connectivity index (χ4n) is 2.83. The third-order valence-electron chi connectivity index (χ3n) is 4.28. The molecule has 6 nitrogen and oxygen atoms in total. The van der Waals surface area contributed by atoms with Crippen LogP contribution in [0.4, 0.5) is 0 Å². The molecule has 1 aliphatic rings. The Balaban J connectivity index is 2.16. The second-order valence-corrected chi connectivity index (χ2v) is 5.85. The average molecular weight is 314 g/mol. The standard InChI is InChI=1S/C14H20ClN3O3/c1-2-9-5-7-14(8-6-9,13(16)18-20)17-12(19)10-3-4-11(15)21-10/h3-4,9,20H,2,5-8H2,1H3,(H2,16,18)(H,17,19). The summed E-state index contributed by atoms with van der Waals surface area (Å²) >= 11 is 5.67. The van der Waals surface area contributed by atoms with Crippen LogP contribution in [0.3, 0.4) is 0 Å². The summed E-state index contributed by atoms with van der Waals surface area (Å²) in [6.07, 6.45) is 4.22. The molecule has 116 valence electrons. The van der Waals surface area contributed by atoms with E-state index in [0.29, 0.717) is 18.8 Å². The van der Waals surface area contributed by atoms with Crippen LogP contribution in [0.15, 0.2) is 21.7 Å². The van der Waals surface area contributed by atoms with Crippen LogP contribution in [-0.4, -0.2) is 22.5 Å². The number of halogens is 1. The molecule has 7 heteroatoms. The van der Waals surface area contributed by atoms with Gasteiger partial charge in [-0.2, -0.15) is 0 Å². The molecule has 0 spiro atoms. The SMILES string of the molecule is CCC1CCC(NC(=O)c2ccc(Cl)o2)(/C(N)=N/O)CC1. The van der Waals surface area contributed by atoms with E-state index in [1.54, 1.807) is 0 Å². The molecule has 0 atom stereocenters. The van der Waals surface area contributed by atoms with Crippen LogP contribution in [0, 0.1) is 5.92 Å². The first-order valence-corrected chi connectivity index (χ1v) is 7.44. The normalized spacial score (nSPS) is 26.6. The summed E-state index contributed by atoms with van der Waals surface area (Å²) in [5.74, 6) is 0.341. The molecule has 1 amide bonds. The van der Waals surface area contributed by atoms with E-state index >= 15 is 0 Å². The maximum Gasteiger partial charge on any atom is 0.287 e. The van der Waals surface area contributed by atoms with Gasteiger partial charge in [-0.15, -0.1) is 0 Å². The van der Waals surface area contributed by atoms with Gasteiger partial charge in [0.25, 0.3) is 5.91 Å². The zero-order chi connectivity index (χ0) is 15.5. The Bertz CT molecular complexity index is 533. The number of hydrogen-bond acceptors (Lipinski definition) is 4. The van der Waals surface area contributed by atoms with Crippen molar-refractivity contribution in [1.82, 2.24) is 5.32 Å². The molecule has 1 heterocycles. The van der Waals surface area contributed by atoms with Crippen LogP contribution in [0.1, 0.15) is 49.6 Å². The third-order valence-corrected chi connectivity index (χ3v) is 4.49. The van der Waals surface area contributed by atoms with Crippen molar-refractivity contribution in [2.45, 2.75) is 44.6 Å². The molecule has 0 aromatic carbocycles. The van der Waals surface area contributed by atoms with Crippen molar-refractivity contribution in [1.29, 1.82) is 0 Å². The van der Waals surface area contributed by atoms with E-state index in [-0.39, 0.29) is 16.8 Å². The van der Waals surface area contributed by atoms with Crippen LogP contribution in [0.25, 0.3) is 0 Å². The molecule has 0 radical (unpaired) electrons. The number of amidine groups is 1. The van der Waals surface area contributed by atoms with E-state index in [0.717, 1.165) is 19.3 Å². The number of rotatable bonds is 4. The van der Waals surface area contributed by atoms with Crippen LogP contribution < -0.4 is 11.1 Å². The molecular weight excluding hydrogens is 294 g/mol. The number of hydrogen-bond donors (Lipinski definition) is 3. The van der Waals surface area contributed by atoms with Crippen LogP contribution in [0.2, 0.25) is 5.22 Å². The van der Waals surface area contributed by atoms with Gasteiger partial charge in [0, 0.05) is 0 Å². The Morgan fingerprint density at radius 3 is 2.71 bits per heavy atom. The van der Waals surface area contributed by atoms with Gasteiger partial charge in [0.05, 0.1) is 0 Å². The van der Waals surface area contributed by atoms with Crippen molar-refractivity contribution in [3.8, 4) is 0 Å². The van der Waals surface area contributed by atoms with Gasteiger partial charge in [-0.05, 0) is 55.3 Å². The Labute approximate surface area is 128 Å². The van der Waals surface area contributed by atoms with E-state index < -0.39 is 11.4 Å². The molecule has 1 aliphatic carbocycles. The number of furan rings is 1. The zero-order valence-corrected chi connectivity index (χ0v) is 12.7. The zero-order valence-electron chi connectivity index (χ0n) is 11.9. The molecule has 1 saturated carbocycles. The minimum Gasteiger partial charge on any atom is -0.440 e. The second-order valence-electron chi connectivity index (χ2n) is 5.48. The predicted molar refractivity (Wildman–Crippen MR) is 79.6 cm³/mol. The Hall–Kier alpha value is -1.69. The minimum absolute atomic E-state index is 0.0306. The molecule has 21 heavy (non-hydrogen) atoms. The maximum absolute atomic E-state index is 12.2. The highest BCUT2D eigenvalue weighted by Crippen LogP contribution is 2.34. The molecule has 0 aliphatic heterocycles. The topological polar surface area (TPSA) is 101 Å². The molecule has 4 N–H and O–H groups in total. The average Bonchev–Trinajstić information content (AvgIpc) is 2.93. The van der Waals surface area contributed by atoms with Gasteiger partial charge in [-0.25, -0.2) is 0 Å². The molecule has 2 rings (SSSR count). The summed E-state index contributed by atoms with van der Waals surface area (Å²) in [5, 5.41) is 15.1. The monoisotopic (exact) mass is 313 g/mol. The fraction of sp³-hybridized carbons (Fsp3) is 0.571. The van der Waals surface area contributed by atoms with Gasteiger partial charge in [0.1, 0.15) is 5.54 Å². The predicted octanol–water partition coefficient (Wildman–Crippen LogP) is 2.75. The van der Waals surface area contributed by atoms with Gasteiger partial charge in [0.2, 0.25) is 0 Å². The van der Waals surface area contributed by atoms with E-state index in [2.05, 4.69) is 17.4 Å². The van der Waals surface area contributed by atoms with Crippen LogP contribution >= 0.6 is 11.6 Å². The molecule has 0 saturated heterocycles. The largest absolute Gasteiger partial charge is 0.440 e. The Morgan fingerprint density at radius 2 is 2.24 bits per heavy atom. The van der Waals surface area contributed by atoms with Crippen LogP contribution in [-0.2, 0) is 0 Å². The highest BCUT2D eigenvalue weighted by atomic mass is 35.5. The minimum atomic E-state index is -0.823. The van der Waals surface area contributed by atoms with Crippen molar-refractivity contribution in [3.63, 3.8) is 0 Å². The number of carbonyl (C=O) groups is 1. The number of amides is 1. The Kier molecular flexibility index (Phi) is 4.77. The summed E-state index contributed by atoms with van der Waals surface area (Å²) in [6, 6.07) is 3.00. The lowest BCUT2D eigenvalue weighted by molar-refractivity contribution is 0.0866. The lowest BCUT2D eigenvalue weighted by atomic mass is 9.75. The van der Waals surface area contributed by atoms with Crippen molar-refractivity contribution in [3.05, 3.63) is 23.1 Å². The number of nitrogens with zero attached hydrogens (tertiary/aromatic N) is 1. The summed E-state index contributed by atoms with van der Waals surface area (Å²) in [4.78, 5) is 12.2. The van der Waals surface area contributed by atoms with E-state index in [1.165, 1.54) is 12.1 Å². The summed E-state index contributed by atoms with van der Waals surface area (Å²) in [7, 11) is 0.